The van der Waals surface area contributed by atoms with Crippen LogP contribution in [0, 0.1) is 0 Å². The van der Waals surface area contributed by atoms with Crippen molar-refractivity contribution in [1.29, 1.82) is 0 Å². The van der Waals surface area contributed by atoms with Gasteiger partial charge in [-0.3, -0.25) is 0 Å². The molecular formula is C14H10IO6-. The molecule has 0 aliphatic carbocycles. The molecule has 2 aliphatic heterocycles. The van der Waals surface area contributed by atoms with Gasteiger partial charge >= 0.3 is 131 Å². The summed E-state index contributed by atoms with van der Waals surface area (Å²) >= 11 is -0.896. The predicted octanol–water partition coefficient (Wildman–Crippen LogP) is -0.774. The number of phenolic OH excluding ortho intramolecular Hbond substituents is 2. The Morgan fingerprint density at radius 3 is 2.24 bits per heavy atom. The molecule has 0 unspecified atom stereocenters. The molecule has 0 spiro atoms. The van der Waals surface area contributed by atoms with E-state index >= 15 is 0 Å². The number of benzene rings is 2. The van der Waals surface area contributed by atoms with Crippen LogP contribution in [0.2, 0.25) is 0 Å². The summed E-state index contributed by atoms with van der Waals surface area (Å²) in [6.07, 6.45) is 0. The van der Waals surface area contributed by atoms with Crippen LogP contribution in [-0.4, -0.2) is 23.4 Å². The molecule has 0 aromatic heterocycles. The summed E-state index contributed by atoms with van der Waals surface area (Å²) < 4.78 is 22.1. The Kier molecular flexibility index (Phi) is 2.88. The molecule has 21 heavy (non-hydrogen) atoms. The van der Waals surface area contributed by atoms with Gasteiger partial charge in [-0.25, -0.2) is 0 Å². The SMILES string of the molecule is Oc1ccc2c(c1-c1c(O)ccc3c1O[I-]O3)OCCO2. The summed E-state index contributed by atoms with van der Waals surface area (Å²) in [5, 5.41) is 20.5. The zero-order valence-corrected chi connectivity index (χ0v) is 12.8. The van der Waals surface area contributed by atoms with E-state index in [0.29, 0.717) is 47.3 Å². The van der Waals surface area contributed by atoms with Crippen LogP contribution in [0.25, 0.3) is 11.1 Å². The van der Waals surface area contributed by atoms with Crippen LogP contribution in [0.4, 0.5) is 0 Å². The number of hydrogen-bond acceptors (Lipinski definition) is 6. The van der Waals surface area contributed by atoms with E-state index in [2.05, 4.69) is 0 Å². The summed E-state index contributed by atoms with van der Waals surface area (Å²) in [7, 11) is 0. The van der Waals surface area contributed by atoms with Gasteiger partial charge in [-0.2, -0.15) is 0 Å². The molecule has 2 aliphatic rings. The van der Waals surface area contributed by atoms with Crippen molar-refractivity contribution in [1.82, 2.24) is 0 Å². The quantitative estimate of drug-likeness (QED) is 0.612. The maximum atomic E-state index is 10.2. The Morgan fingerprint density at radius 1 is 0.762 bits per heavy atom. The Balaban J connectivity index is 2.02. The molecule has 110 valence electrons. The Labute approximate surface area is 131 Å². The first kappa shape index (κ1) is 12.7. The van der Waals surface area contributed by atoms with Gasteiger partial charge in [-0.1, -0.05) is 0 Å². The minimum absolute atomic E-state index is 0.0128. The number of hydrogen-bond donors (Lipinski definition) is 2. The minimum atomic E-state index is -0.896. The van der Waals surface area contributed by atoms with Crippen molar-refractivity contribution in [2.45, 2.75) is 0 Å². The molecule has 2 aromatic carbocycles. The molecule has 0 radical (unpaired) electrons. The monoisotopic (exact) mass is 401 g/mol. The zero-order valence-electron chi connectivity index (χ0n) is 10.6. The van der Waals surface area contributed by atoms with Crippen LogP contribution < -0.4 is 37.6 Å². The second-order valence-electron chi connectivity index (χ2n) is 4.49. The van der Waals surface area contributed by atoms with Gasteiger partial charge in [0.05, 0.1) is 0 Å². The number of phenols is 2. The molecule has 0 atom stereocenters. The summed E-state index contributed by atoms with van der Waals surface area (Å²) in [5.74, 6) is 1.89. The van der Waals surface area contributed by atoms with Gasteiger partial charge in [0.15, 0.2) is 0 Å². The second kappa shape index (κ2) is 4.76. The van der Waals surface area contributed by atoms with E-state index in [1.807, 2.05) is 0 Å². The van der Waals surface area contributed by atoms with E-state index in [0.717, 1.165) is 0 Å². The molecule has 2 heterocycles. The van der Waals surface area contributed by atoms with E-state index < -0.39 is 22.0 Å². The van der Waals surface area contributed by atoms with Gasteiger partial charge < -0.3 is 0 Å². The molecular weight excluding hydrogens is 391 g/mol. The third-order valence-corrected chi connectivity index (χ3v) is 4.53. The topological polar surface area (TPSA) is 77.4 Å². The number of halogens is 1. The van der Waals surface area contributed by atoms with Crippen LogP contribution in [0.1, 0.15) is 0 Å². The van der Waals surface area contributed by atoms with Crippen molar-refractivity contribution in [2.75, 3.05) is 13.2 Å². The molecule has 2 aromatic rings. The van der Waals surface area contributed by atoms with Crippen molar-refractivity contribution < 1.29 is 47.9 Å². The molecule has 0 saturated carbocycles. The van der Waals surface area contributed by atoms with Crippen LogP contribution in [0.3, 0.4) is 0 Å². The fourth-order valence-electron chi connectivity index (χ4n) is 2.36. The average molecular weight is 401 g/mol. The standard InChI is InChI=1S/C14H10IO6/c16-7-1-3-9-13(19-6-5-18-9)11(7)12-8(17)2-4-10-14(12)21-15-20-10/h1-4,16-17H,5-6H2/q-1. The number of fused-ring (bicyclic) bond motifs is 2. The summed E-state index contributed by atoms with van der Waals surface area (Å²) in [6.45, 7) is 0.824. The summed E-state index contributed by atoms with van der Waals surface area (Å²) in [5.41, 5.74) is 0.723. The van der Waals surface area contributed by atoms with Crippen molar-refractivity contribution in [3.63, 3.8) is 0 Å². The first-order chi connectivity index (χ1) is 10.3. The molecule has 6 nitrogen and oxygen atoms in total. The van der Waals surface area contributed by atoms with Gasteiger partial charge in [-0.15, -0.1) is 0 Å². The van der Waals surface area contributed by atoms with Crippen molar-refractivity contribution in [3.8, 4) is 45.6 Å². The van der Waals surface area contributed by atoms with Gasteiger partial charge in [0, 0.05) is 0 Å². The Bertz CT molecular complexity index is 730. The molecule has 0 saturated heterocycles. The maximum absolute atomic E-state index is 10.2. The average Bonchev–Trinajstić information content (AvgIpc) is 2.97. The van der Waals surface area contributed by atoms with Crippen molar-refractivity contribution >= 4 is 0 Å². The molecule has 2 N–H and O–H groups in total. The summed E-state index contributed by atoms with van der Waals surface area (Å²) in [6, 6.07) is 6.30. The molecule has 0 amide bonds. The number of rotatable bonds is 1. The van der Waals surface area contributed by atoms with Crippen molar-refractivity contribution in [2.24, 2.45) is 0 Å². The fourth-order valence-corrected chi connectivity index (χ4v) is 3.61. The summed E-state index contributed by atoms with van der Waals surface area (Å²) in [4.78, 5) is 0. The molecule has 0 fully saturated rings. The van der Waals surface area contributed by atoms with E-state index in [-0.39, 0.29) is 11.5 Å². The van der Waals surface area contributed by atoms with Crippen molar-refractivity contribution in [3.05, 3.63) is 24.3 Å². The van der Waals surface area contributed by atoms with E-state index in [4.69, 9.17) is 15.6 Å². The zero-order chi connectivity index (χ0) is 14.4. The predicted molar refractivity (Wildman–Crippen MR) is 67.5 cm³/mol. The third kappa shape index (κ3) is 1.91. The van der Waals surface area contributed by atoms with Crippen LogP contribution in [0.5, 0.6) is 34.5 Å². The second-order valence-corrected chi connectivity index (χ2v) is 5.73. The van der Waals surface area contributed by atoms with E-state index in [1.54, 1.807) is 12.1 Å². The first-order valence-electron chi connectivity index (χ1n) is 6.22. The fraction of sp³-hybridized carbons (Fsp3) is 0.143. The normalized spacial score (nSPS) is 15.4. The molecule has 7 heteroatoms. The van der Waals surface area contributed by atoms with Gasteiger partial charge in [0.25, 0.3) is 0 Å². The molecule has 0 bridgehead atoms. The number of aromatic hydroxyl groups is 2. The molecule has 4 rings (SSSR count). The Hall–Kier alpha value is -2.03. The van der Waals surface area contributed by atoms with Crippen LogP contribution >= 0.6 is 0 Å². The van der Waals surface area contributed by atoms with E-state index in [1.165, 1.54) is 12.1 Å². The van der Waals surface area contributed by atoms with Gasteiger partial charge in [0.1, 0.15) is 0 Å². The van der Waals surface area contributed by atoms with Gasteiger partial charge in [0.2, 0.25) is 0 Å². The van der Waals surface area contributed by atoms with Crippen LogP contribution in [-0.2, 0) is 0 Å². The Morgan fingerprint density at radius 2 is 1.43 bits per heavy atom. The number of ether oxygens (including phenoxy) is 2. The van der Waals surface area contributed by atoms with Gasteiger partial charge in [-0.05, 0) is 0 Å². The first-order valence-corrected chi connectivity index (χ1v) is 7.98. The van der Waals surface area contributed by atoms with E-state index in [9.17, 15) is 10.2 Å². The third-order valence-electron chi connectivity index (χ3n) is 3.26. The van der Waals surface area contributed by atoms with Crippen LogP contribution in [0.15, 0.2) is 24.3 Å².